The van der Waals surface area contributed by atoms with Crippen LogP contribution in [0.25, 0.3) is 0 Å². The molecule has 1 N–H and O–H groups in total. The molecule has 0 aromatic heterocycles. The van der Waals surface area contributed by atoms with E-state index in [1.54, 1.807) is 6.26 Å². The van der Waals surface area contributed by atoms with E-state index in [1.807, 2.05) is 36.0 Å². The maximum absolute atomic E-state index is 11.1. The van der Waals surface area contributed by atoms with Crippen LogP contribution in [0.4, 0.5) is 0 Å². The van der Waals surface area contributed by atoms with Gasteiger partial charge in [-0.05, 0) is 24.0 Å². The number of thioether (sulfide) groups is 1. The highest BCUT2D eigenvalue weighted by molar-refractivity contribution is 7.98. The summed E-state index contributed by atoms with van der Waals surface area (Å²) in [6, 6.07) is 7.93. The summed E-state index contributed by atoms with van der Waals surface area (Å²) in [6.45, 7) is 1.92. The van der Waals surface area contributed by atoms with E-state index in [2.05, 4.69) is 11.6 Å². The Hall–Kier alpha value is -0.320. The summed E-state index contributed by atoms with van der Waals surface area (Å²) in [5.74, 6) is 1.14. The van der Waals surface area contributed by atoms with Crippen LogP contribution in [0.3, 0.4) is 0 Å². The molecule has 0 amide bonds. The maximum atomic E-state index is 11.1. The Morgan fingerprint density at radius 1 is 1.33 bits per heavy atom. The Bertz CT molecular complexity index is 311. The van der Waals surface area contributed by atoms with Gasteiger partial charge >= 0.3 is 0 Å². The third-order valence-corrected chi connectivity index (χ3v) is 3.62. The zero-order valence-corrected chi connectivity index (χ0v) is 10.8. The van der Waals surface area contributed by atoms with Crippen LogP contribution >= 0.6 is 11.8 Å². The van der Waals surface area contributed by atoms with Gasteiger partial charge in [0.15, 0.2) is 0 Å². The lowest BCUT2D eigenvalue weighted by Crippen LogP contribution is -2.16. The summed E-state index contributed by atoms with van der Waals surface area (Å²) in [5.41, 5.74) is 1.24. The fraction of sp³-hybridized carbons (Fsp3) is 0.455. The van der Waals surface area contributed by atoms with Gasteiger partial charge in [-0.3, -0.25) is 4.21 Å². The molecule has 2 nitrogen and oxygen atoms in total. The van der Waals surface area contributed by atoms with Crippen molar-refractivity contribution < 1.29 is 4.21 Å². The first-order valence-corrected chi connectivity index (χ1v) is 7.81. The van der Waals surface area contributed by atoms with Crippen molar-refractivity contribution in [2.24, 2.45) is 0 Å². The predicted molar refractivity (Wildman–Crippen MR) is 68.9 cm³/mol. The summed E-state index contributed by atoms with van der Waals surface area (Å²) in [6.07, 6.45) is 3.80. The lowest BCUT2D eigenvalue weighted by Gasteiger charge is -2.04. The Morgan fingerprint density at radius 2 is 2.00 bits per heavy atom. The summed E-state index contributed by atoms with van der Waals surface area (Å²) >= 11 is 1.84. The Morgan fingerprint density at radius 3 is 2.53 bits per heavy atom. The average molecular weight is 243 g/mol. The smallest absolute Gasteiger partial charge is 0.0498 e. The van der Waals surface area contributed by atoms with Gasteiger partial charge in [0.2, 0.25) is 0 Å². The van der Waals surface area contributed by atoms with Gasteiger partial charge in [0.25, 0.3) is 0 Å². The van der Waals surface area contributed by atoms with E-state index in [1.165, 1.54) is 5.56 Å². The van der Waals surface area contributed by atoms with Crippen molar-refractivity contribution in [3.63, 3.8) is 0 Å². The van der Waals surface area contributed by atoms with Gasteiger partial charge < -0.3 is 5.32 Å². The van der Waals surface area contributed by atoms with Crippen molar-refractivity contribution in [3.05, 3.63) is 29.8 Å². The fourth-order valence-corrected chi connectivity index (χ4v) is 2.07. The lowest BCUT2D eigenvalue weighted by atomic mass is 10.2. The molecule has 0 radical (unpaired) electrons. The van der Waals surface area contributed by atoms with Crippen molar-refractivity contribution >= 4 is 22.6 Å². The SMILES string of the molecule is CSCCNCc1ccc(S(C)=O)cc1. The zero-order chi connectivity index (χ0) is 11.1. The van der Waals surface area contributed by atoms with Crippen molar-refractivity contribution in [2.45, 2.75) is 11.4 Å². The first-order valence-electron chi connectivity index (χ1n) is 4.86. The van der Waals surface area contributed by atoms with E-state index in [0.29, 0.717) is 0 Å². The first kappa shape index (κ1) is 12.7. The van der Waals surface area contributed by atoms with Crippen LogP contribution < -0.4 is 5.32 Å². The molecule has 1 aromatic carbocycles. The summed E-state index contributed by atoms with van der Waals surface area (Å²) in [5, 5.41) is 3.35. The van der Waals surface area contributed by atoms with E-state index >= 15 is 0 Å². The molecule has 0 aliphatic carbocycles. The average Bonchev–Trinajstić information content (AvgIpc) is 2.25. The molecule has 84 valence electrons. The topological polar surface area (TPSA) is 29.1 Å². The molecule has 0 aliphatic rings. The van der Waals surface area contributed by atoms with Gasteiger partial charge in [-0.2, -0.15) is 11.8 Å². The van der Waals surface area contributed by atoms with E-state index in [-0.39, 0.29) is 0 Å². The molecule has 0 saturated heterocycles. The fourth-order valence-electron chi connectivity index (χ4n) is 1.21. The van der Waals surface area contributed by atoms with Gasteiger partial charge in [0, 0.05) is 40.8 Å². The van der Waals surface area contributed by atoms with Crippen LogP contribution in [0, 0.1) is 0 Å². The number of rotatable bonds is 6. The van der Waals surface area contributed by atoms with Crippen LogP contribution in [-0.4, -0.2) is 29.0 Å². The normalized spacial score (nSPS) is 12.7. The quantitative estimate of drug-likeness (QED) is 0.774. The molecule has 15 heavy (non-hydrogen) atoms. The molecule has 0 heterocycles. The molecule has 0 aliphatic heterocycles. The van der Waals surface area contributed by atoms with Crippen molar-refractivity contribution in [1.82, 2.24) is 5.32 Å². The molecule has 0 spiro atoms. The van der Waals surface area contributed by atoms with Gasteiger partial charge in [0.1, 0.15) is 0 Å². The number of benzene rings is 1. The highest BCUT2D eigenvalue weighted by atomic mass is 32.2. The van der Waals surface area contributed by atoms with Crippen LogP contribution in [0.1, 0.15) is 5.56 Å². The van der Waals surface area contributed by atoms with Crippen molar-refractivity contribution in [2.75, 3.05) is 24.8 Å². The van der Waals surface area contributed by atoms with Gasteiger partial charge in [-0.1, -0.05) is 12.1 Å². The molecule has 1 atom stereocenters. The van der Waals surface area contributed by atoms with Gasteiger partial charge in [-0.15, -0.1) is 0 Å². The van der Waals surface area contributed by atoms with E-state index in [4.69, 9.17) is 0 Å². The standard InChI is InChI=1S/C11H17NOS2/c1-14-8-7-12-9-10-3-5-11(6-4-10)15(2)13/h3-6,12H,7-9H2,1-2H3. The second-order valence-electron chi connectivity index (χ2n) is 3.27. The second-order valence-corrected chi connectivity index (χ2v) is 5.63. The Kier molecular flexibility index (Phi) is 5.98. The molecule has 1 unspecified atom stereocenters. The predicted octanol–water partition coefficient (Wildman–Crippen LogP) is 1.88. The second kappa shape index (κ2) is 7.04. The molecule has 0 fully saturated rings. The monoisotopic (exact) mass is 243 g/mol. The number of hydrogen-bond acceptors (Lipinski definition) is 3. The summed E-state index contributed by atoms with van der Waals surface area (Å²) in [4.78, 5) is 0.892. The van der Waals surface area contributed by atoms with Crippen LogP contribution in [0.5, 0.6) is 0 Å². The van der Waals surface area contributed by atoms with Crippen molar-refractivity contribution in [3.8, 4) is 0 Å². The Labute approximate surface area is 98.3 Å². The van der Waals surface area contributed by atoms with Crippen LogP contribution in [0.2, 0.25) is 0 Å². The van der Waals surface area contributed by atoms with Gasteiger partial charge in [-0.25, -0.2) is 0 Å². The molecule has 0 bridgehead atoms. The molecule has 4 heteroatoms. The summed E-state index contributed by atoms with van der Waals surface area (Å²) < 4.78 is 11.1. The minimum atomic E-state index is -0.870. The minimum absolute atomic E-state index is 0.870. The Balaban J connectivity index is 2.39. The molecule has 1 aromatic rings. The van der Waals surface area contributed by atoms with Crippen LogP contribution in [-0.2, 0) is 17.3 Å². The van der Waals surface area contributed by atoms with Crippen molar-refractivity contribution in [1.29, 1.82) is 0 Å². The molecular weight excluding hydrogens is 226 g/mol. The largest absolute Gasteiger partial charge is 0.312 e. The lowest BCUT2D eigenvalue weighted by molar-refractivity contribution is 0.686. The molecule has 0 saturated carbocycles. The minimum Gasteiger partial charge on any atom is -0.312 e. The highest BCUT2D eigenvalue weighted by Gasteiger charge is 1.97. The van der Waals surface area contributed by atoms with Crippen LogP contribution in [0.15, 0.2) is 29.2 Å². The van der Waals surface area contributed by atoms with E-state index < -0.39 is 10.8 Å². The maximum Gasteiger partial charge on any atom is 0.0498 e. The first-order chi connectivity index (χ1) is 7.24. The molecular formula is C11H17NOS2. The van der Waals surface area contributed by atoms with E-state index in [0.717, 1.165) is 23.7 Å². The molecule has 1 rings (SSSR count). The third kappa shape index (κ3) is 4.82. The summed E-state index contributed by atoms with van der Waals surface area (Å²) in [7, 11) is -0.870. The highest BCUT2D eigenvalue weighted by Crippen LogP contribution is 2.07. The van der Waals surface area contributed by atoms with Gasteiger partial charge in [0.05, 0.1) is 0 Å². The zero-order valence-electron chi connectivity index (χ0n) is 9.16. The van der Waals surface area contributed by atoms with E-state index in [9.17, 15) is 4.21 Å². The number of hydrogen-bond donors (Lipinski definition) is 1. The third-order valence-electron chi connectivity index (χ3n) is 2.07. The number of nitrogens with one attached hydrogen (secondary N) is 1.